The molecule has 5 nitrogen and oxygen atoms in total. The minimum Gasteiger partial charge on any atom is -0.480 e. The standard InChI is InChI=1S/C9H18N2O3/c1-4-6(2)11-8(12)5-10-7(3)9(13)14/h6-7,10H,4-5H2,1-3H3,(H,11,12)(H,13,14). The predicted molar refractivity (Wildman–Crippen MR) is 53.0 cm³/mol. The van der Waals surface area contributed by atoms with Crippen LogP contribution in [0, 0.1) is 0 Å². The summed E-state index contributed by atoms with van der Waals surface area (Å²) in [5.74, 6) is -1.13. The van der Waals surface area contributed by atoms with Gasteiger partial charge in [0.15, 0.2) is 0 Å². The second kappa shape index (κ2) is 6.37. The maximum absolute atomic E-state index is 11.2. The summed E-state index contributed by atoms with van der Waals surface area (Å²) in [6, 6.07) is -0.567. The molecule has 1 amide bonds. The van der Waals surface area contributed by atoms with Crippen LogP contribution < -0.4 is 10.6 Å². The average molecular weight is 202 g/mol. The number of hydrogen-bond donors (Lipinski definition) is 3. The Hall–Kier alpha value is -1.10. The molecular formula is C9H18N2O3. The third kappa shape index (κ3) is 5.53. The van der Waals surface area contributed by atoms with Crippen LogP contribution in [0.5, 0.6) is 0 Å². The summed E-state index contributed by atoms with van der Waals surface area (Å²) in [5.41, 5.74) is 0. The molecular weight excluding hydrogens is 184 g/mol. The molecule has 0 bridgehead atoms. The maximum atomic E-state index is 11.2. The normalized spacial score (nSPS) is 14.5. The van der Waals surface area contributed by atoms with Gasteiger partial charge in [0.1, 0.15) is 6.04 Å². The van der Waals surface area contributed by atoms with Crippen LogP contribution in [0.1, 0.15) is 27.2 Å². The first-order valence-electron chi connectivity index (χ1n) is 4.73. The second-order valence-corrected chi connectivity index (χ2v) is 3.32. The fourth-order valence-corrected chi connectivity index (χ4v) is 0.761. The fourth-order valence-electron chi connectivity index (χ4n) is 0.761. The zero-order chi connectivity index (χ0) is 11.1. The molecule has 2 atom stereocenters. The van der Waals surface area contributed by atoms with E-state index >= 15 is 0 Å². The average Bonchev–Trinajstić information content (AvgIpc) is 2.13. The molecule has 0 saturated carbocycles. The molecule has 0 radical (unpaired) electrons. The molecule has 0 aliphatic heterocycles. The molecule has 0 fully saturated rings. The lowest BCUT2D eigenvalue weighted by molar-refractivity contribution is -0.139. The summed E-state index contributed by atoms with van der Waals surface area (Å²) in [5, 5.41) is 13.9. The summed E-state index contributed by atoms with van der Waals surface area (Å²) in [7, 11) is 0. The van der Waals surface area contributed by atoms with Crippen LogP contribution in [0.15, 0.2) is 0 Å². The Bertz CT molecular complexity index is 206. The molecule has 2 unspecified atom stereocenters. The van der Waals surface area contributed by atoms with Crippen molar-refractivity contribution in [2.24, 2.45) is 0 Å². The second-order valence-electron chi connectivity index (χ2n) is 3.32. The highest BCUT2D eigenvalue weighted by Gasteiger charge is 2.12. The number of nitrogens with one attached hydrogen (secondary N) is 2. The number of carboxylic acids is 1. The van der Waals surface area contributed by atoms with Gasteiger partial charge in [-0.05, 0) is 20.3 Å². The zero-order valence-corrected chi connectivity index (χ0v) is 8.83. The van der Waals surface area contributed by atoms with Crippen LogP contribution >= 0.6 is 0 Å². The number of hydrogen-bond acceptors (Lipinski definition) is 3. The van der Waals surface area contributed by atoms with Gasteiger partial charge in [0, 0.05) is 6.04 Å². The SMILES string of the molecule is CCC(C)NC(=O)CNC(C)C(=O)O. The van der Waals surface area contributed by atoms with E-state index in [4.69, 9.17) is 5.11 Å². The number of carboxylic acid groups (broad SMARTS) is 1. The van der Waals surface area contributed by atoms with Crippen molar-refractivity contribution in [2.75, 3.05) is 6.54 Å². The molecule has 0 aliphatic carbocycles. The van der Waals surface area contributed by atoms with Gasteiger partial charge in [0.25, 0.3) is 0 Å². The highest BCUT2D eigenvalue weighted by Crippen LogP contribution is 1.87. The van der Waals surface area contributed by atoms with Crippen molar-refractivity contribution < 1.29 is 14.7 Å². The summed E-state index contributed by atoms with van der Waals surface area (Å²) < 4.78 is 0. The maximum Gasteiger partial charge on any atom is 0.320 e. The lowest BCUT2D eigenvalue weighted by Gasteiger charge is -2.13. The van der Waals surface area contributed by atoms with E-state index in [0.717, 1.165) is 6.42 Å². The first kappa shape index (κ1) is 12.9. The van der Waals surface area contributed by atoms with E-state index in [1.54, 1.807) is 0 Å². The van der Waals surface area contributed by atoms with Gasteiger partial charge in [-0.3, -0.25) is 14.9 Å². The highest BCUT2D eigenvalue weighted by molar-refractivity contribution is 5.79. The number of aliphatic carboxylic acids is 1. The van der Waals surface area contributed by atoms with Gasteiger partial charge in [-0.2, -0.15) is 0 Å². The number of rotatable bonds is 6. The monoisotopic (exact) mass is 202 g/mol. The van der Waals surface area contributed by atoms with Crippen LogP contribution in [-0.2, 0) is 9.59 Å². The van der Waals surface area contributed by atoms with Crippen LogP contribution in [-0.4, -0.2) is 35.6 Å². The molecule has 0 rings (SSSR count). The minimum absolute atomic E-state index is 0.0395. The van der Waals surface area contributed by atoms with Crippen molar-refractivity contribution in [1.82, 2.24) is 10.6 Å². The summed E-state index contributed by atoms with van der Waals surface area (Å²) in [6.45, 7) is 5.41. The summed E-state index contributed by atoms with van der Waals surface area (Å²) >= 11 is 0. The smallest absolute Gasteiger partial charge is 0.320 e. The number of carbonyl (C=O) groups excluding carboxylic acids is 1. The minimum atomic E-state index is -0.957. The Morgan fingerprint density at radius 2 is 1.93 bits per heavy atom. The third-order valence-corrected chi connectivity index (χ3v) is 1.96. The van der Waals surface area contributed by atoms with Crippen LogP contribution in [0.2, 0.25) is 0 Å². The van der Waals surface area contributed by atoms with Crippen molar-refractivity contribution in [3.05, 3.63) is 0 Å². The molecule has 0 aromatic rings. The largest absolute Gasteiger partial charge is 0.480 e. The van der Waals surface area contributed by atoms with Crippen LogP contribution in [0.25, 0.3) is 0 Å². The topological polar surface area (TPSA) is 78.4 Å². The lowest BCUT2D eigenvalue weighted by Crippen LogP contribution is -2.43. The van der Waals surface area contributed by atoms with E-state index in [1.807, 2.05) is 13.8 Å². The Kier molecular flexibility index (Phi) is 5.87. The van der Waals surface area contributed by atoms with E-state index in [-0.39, 0.29) is 18.5 Å². The van der Waals surface area contributed by atoms with E-state index in [1.165, 1.54) is 6.92 Å². The molecule has 0 aromatic heterocycles. The van der Waals surface area contributed by atoms with Crippen molar-refractivity contribution in [2.45, 2.75) is 39.3 Å². The van der Waals surface area contributed by atoms with E-state index < -0.39 is 12.0 Å². The zero-order valence-electron chi connectivity index (χ0n) is 8.83. The number of carbonyl (C=O) groups is 2. The quantitative estimate of drug-likeness (QED) is 0.565. The first-order valence-corrected chi connectivity index (χ1v) is 4.73. The van der Waals surface area contributed by atoms with Gasteiger partial charge >= 0.3 is 5.97 Å². The Morgan fingerprint density at radius 3 is 2.36 bits per heavy atom. The van der Waals surface area contributed by atoms with Crippen molar-refractivity contribution >= 4 is 11.9 Å². The molecule has 5 heteroatoms. The molecule has 82 valence electrons. The van der Waals surface area contributed by atoms with Gasteiger partial charge in [0.2, 0.25) is 5.91 Å². The van der Waals surface area contributed by atoms with Crippen LogP contribution in [0.3, 0.4) is 0 Å². The Balaban J connectivity index is 3.69. The van der Waals surface area contributed by atoms with Gasteiger partial charge in [-0.25, -0.2) is 0 Å². The number of amides is 1. The Labute approximate surface area is 83.9 Å². The molecule has 0 aromatic carbocycles. The van der Waals surface area contributed by atoms with Gasteiger partial charge < -0.3 is 10.4 Å². The van der Waals surface area contributed by atoms with Gasteiger partial charge in [-0.15, -0.1) is 0 Å². The molecule has 0 heterocycles. The summed E-state index contributed by atoms with van der Waals surface area (Å²) in [6.07, 6.45) is 0.861. The summed E-state index contributed by atoms with van der Waals surface area (Å²) in [4.78, 5) is 21.6. The highest BCUT2D eigenvalue weighted by atomic mass is 16.4. The van der Waals surface area contributed by atoms with Gasteiger partial charge in [0.05, 0.1) is 6.54 Å². The van der Waals surface area contributed by atoms with E-state index in [9.17, 15) is 9.59 Å². The fraction of sp³-hybridized carbons (Fsp3) is 0.778. The van der Waals surface area contributed by atoms with Crippen molar-refractivity contribution in [3.8, 4) is 0 Å². The lowest BCUT2D eigenvalue weighted by atomic mass is 10.2. The van der Waals surface area contributed by atoms with E-state index in [0.29, 0.717) is 0 Å². The van der Waals surface area contributed by atoms with Crippen molar-refractivity contribution in [1.29, 1.82) is 0 Å². The van der Waals surface area contributed by atoms with Crippen molar-refractivity contribution in [3.63, 3.8) is 0 Å². The molecule has 0 spiro atoms. The van der Waals surface area contributed by atoms with Gasteiger partial charge in [-0.1, -0.05) is 6.92 Å². The molecule has 3 N–H and O–H groups in total. The van der Waals surface area contributed by atoms with E-state index in [2.05, 4.69) is 10.6 Å². The third-order valence-electron chi connectivity index (χ3n) is 1.96. The predicted octanol–water partition coefficient (Wildman–Crippen LogP) is -0.0362. The first-order chi connectivity index (χ1) is 6.47. The molecule has 0 aliphatic rings. The molecule has 0 saturated heterocycles. The molecule has 14 heavy (non-hydrogen) atoms. The Morgan fingerprint density at radius 1 is 1.36 bits per heavy atom. The van der Waals surface area contributed by atoms with Crippen LogP contribution in [0.4, 0.5) is 0 Å².